The van der Waals surface area contributed by atoms with Gasteiger partial charge < -0.3 is 15.2 Å². The Morgan fingerprint density at radius 2 is 2.07 bits per heavy atom. The van der Waals surface area contributed by atoms with Gasteiger partial charge in [0.15, 0.2) is 5.65 Å². The van der Waals surface area contributed by atoms with Gasteiger partial charge in [-0.1, -0.05) is 39.1 Å². The molecule has 2 aromatic heterocycles. The normalized spacial score (nSPS) is 17.1. The second kappa shape index (κ2) is 9.01. The van der Waals surface area contributed by atoms with Crippen molar-refractivity contribution >= 4 is 69.7 Å². The smallest absolute Gasteiger partial charge is 0.205 e. The number of hydrogen-bond acceptors (Lipinski definition) is 4. The third kappa shape index (κ3) is 5.09. The highest BCUT2D eigenvalue weighted by Crippen LogP contribution is 2.22. The predicted octanol–water partition coefficient (Wildman–Crippen LogP) is 4.90. The Kier molecular flexibility index (Phi) is 6.92. The first kappa shape index (κ1) is 20.7. The Bertz CT molecular complexity index is 915. The Morgan fingerprint density at radius 3 is 2.89 bits per heavy atom. The maximum absolute atomic E-state index is 6.13. The summed E-state index contributed by atoms with van der Waals surface area (Å²) in [6.45, 7) is 2.67. The van der Waals surface area contributed by atoms with Crippen LogP contribution in [0, 0.1) is 0 Å². The Balaban J connectivity index is 0.00000210. The van der Waals surface area contributed by atoms with E-state index >= 15 is 0 Å². The average Bonchev–Trinajstić information content (AvgIpc) is 3.03. The van der Waals surface area contributed by atoms with Gasteiger partial charge in [0, 0.05) is 35.2 Å². The highest BCUT2D eigenvalue weighted by molar-refractivity contribution is 9.10. The summed E-state index contributed by atoms with van der Waals surface area (Å²) in [4.78, 5) is 14.5. The quantitative estimate of drug-likeness (QED) is 0.513. The first-order valence-electron chi connectivity index (χ1n) is 8.52. The molecule has 1 atom stereocenters. The van der Waals surface area contributed by atoms with Gasteiger partial charge in [0.1, 0.15) is 5.15 Å². The van der Waals surface area contributed by atoms with E-state index in [2.05, 4.69) is 47.2 Å². The minimum absolute atomic E-state index is 0. The number of aromatic nitrogens is 3. The maximum Gasteiger partial charge on any atom is 0.205 e. The summed E-state index contributed by atoms with van der Waals surface area (Å²) in [5, 5.41) is 4.84. The zero-order valence-electron chi connectivity index (χ0n) is 14.5. The molecule has 0 spiro atoms. The van der Waals surface area contributed by atoms with E-state index in [1.165, 1.54) is 5.56 Å². The number of benzene rings is 1. The second-order valence-corrected chi connectivity index (χ2v) is 8.25. The van der Waals surface area contributed by atoms with Crippen molar-refractivity contribution in [2.75, 3.05) is 18.0 Å². The number of pyridine rings is 1. The van der Waals surface area contributed by atoms with E-state index in [4.69, 9.17) is 23.2 Å². The lowest BCUT2D eigenvalue weighted by Gasteiger charge is -2.33. The van der Waals surface area contributed by atoms with E-state index < -0.39 is 0 Å². The molecule has 0 amide bonds. The number of fused-ring (bicyclic) bond motifs is 1. The number of nitrogens with one attached hydrogen (secondary N) is 2. The zero-order chi connectivity index (χ0) is 18.1. The number of imidazole rings is 1. The van der Waals surface area contributed by atoms with Crippen LogP contribution in [0.25, 0.3) is 11.2 Å². The largest absolute Gasteiger partial charge is 0.341 e. The van der Waals surface area contributed by atoms with Gasteiger partial charge >= 0.3 is 0 Å². The lowest BCUT2D eigenvalue weighted by Crippen LogP contribution is -2.45. The minimum atomic E-state index is 0. The van der Waals surface area contributed by atoms with Gasteiger partial charge in [-0.05, 0) is 48.7 Å². The fraction of sp³-hybridized carbons (Fsp3) is 0.333. The van der Waals surface area contributed by atoms with Crippen LogP contribution in [-0.2, 0) is 6.54 Å². The van der Waals surface area contributed by atoms with Crippen LogP contribution in [0.2, 0.25) is 10.2 Å². The highest BCUT2D eigenvalue weighted by atomic mass is 79.9. The average molecular weight is 489 g/mol. The van der Waals surface area contributed by atoms with Crippen LogP contribution in [-0.4, -0.2) is 34.1 Å². The number of hydrogen-bond donors (Lipinski definition) is 2. The van der Waals surface area contributed by atoms with Crippen LogP contribution in [0.3, 0.4) is 0 Å². The molecule has 27 heavy (non-hydrogen) atoms. The molecule has 1 saturated heterocycles. The number of anilines is 1. The van der Waals surface area contributed by atoms with E-state index in [9.17, 15) is 0 Å². The van der Waals surface area contributed by atoms with Crippen molar-refractivity contribution in [1.29, 1.82) is 0 Å². The summed E-state index contributed by atoms with van der Waals surface area (Å²) >= 11 is 15.6. The van der Waals surface area contributed by atoms with Gasteiger partial charge in [-0.2, -0.15) is 18.5 Å². The van der Waals surface area contributed by atoms with Crippen LogP contribution >= 0.6 is 52.6 Å². The van der Waals surface area contributed by atoms with Crippen LogP contribution in [0.4, 0.5) is 5.95 Å². The molecule has 3 aromatic rings. The molecule has 5 nitrogen and oxygen atoms in total. The number of piperidine rings is 1. The molecule has 0 saturated carbocycles. The standard InChI is InChI=1S/C18H18BrCl2N5.H2S/c19-12-6-11(7-13(20)8-12)9-22-14-2-1-5-26(10-14)18-23-15-3-4-16(21)24-17(15)25-18;/h3-4,6-8,14,22H,1-2,5,9-10H2,(H,23,24,25);1H2/t14-;/m0./s1. The molecular weight excluding hydrogens is 469 g/mol. The number of nitrogens with zero attached hydrogens (tertiary/aromatic N) is 3. The highest BCUT2D eigenvalue weighted by Gasteiger charge is 2.22. The minimum Gasteiger partial charge on any atom is -0.341 e. The summed E-state index contributed by atoms with van der Waals surface area (Å²) < 4.78 is 1.00. The zero-order valence-corrected chi connectivity index (χ0v) is 18.6. The van der Waals surface area contributed by atoms with Gasteiger partial charge in [-0.15, -0.1) is 0 Å². The van der Waals surface area contributed by atoms with E-state index in [0.29, 0.717) is 16.8 Å². The number of H-pyrrole nitrogens is 1. The van der Waals surface area contributed by atoms with Gasteiger partial charge in [-0.3, -0.25) is 0 Å². The Morgan fingerprint density at radius 1 is 1.22 bits per heavy atom. The monoisotopic (exact) mass is 487 g/mol. The van der Waals surface area contributed by atoms with E-state index in [-0.39, 0.29) is 13.5 Å². The molecule has 0 radical (unpaired) electrons. The molecule has 2 N–H and O–H groups in total. The van der Waals surface area contributed by atoms with Crippen molar-refractivity contribution in [1.82, 2.24) is 20.3 Å². The summed E-state index contributed by atoms with van der Waals surface area (Å²) in [5.74, 6) is 0.853. The molecule has 1 aromatic carbocycles. The van der Waals surface area contributed by atoms with Gasteiger partial charge in [0.2, 0.25) is 5.95 Å². The fourth-order valence-corrected chi connectivity index (χ4v) is 4.39. The molecule has 144 valence electrons. The SMILES string of the molecule is Clc1cc(Br)cc(CN[C@H]2CCCN(c3nc4nc(Cl)ccc4[nH]3)C2)c1.S. The molecule has 4 rings (SSSR count). The summed E-state index contributed by atoms with van der Waals surface area (Å²) in [5.41, 5.74) is 2.73. The van der Waals surface area contributed by atoms with Crippen molar-refractivity contribution in [3.8, 4) is 0 Å². The van der Waals surface area contributed by atoms with Crippen molar-refractivity contribution in [2.24, 2.45) is 0 Å². The number of aromatic amines is 1. The van der Waals surface area contributed by atoms with Gasteiger partial charge in [-0.25, -0.2) is 4.98 Å². The molecule has 1 aliphatic heterocycles. The van der Waals surface area contributed by atoms with E-state index in [1.54, 1.807) is 6.07 Å². The van der Waals surface area contributed by atoms with E-state index in [1.807, 2.05) is 18.2 Å². The van der Waals surface area contributed by atoms with Crippen LogP contribution in [0.5, 0.6) is 0 Å². The molecular formula is C18H20BrCl2N5S. The van der Waals surface area contributed by atoms with E-state index in [0.717, 1.165) is 53.4 Å². The lowest BCUT2D eigenvalue weighted by molar-refractivity contribution is 0.419. The molecule has 1 aliphatic rings. The van der Waals surface area contributed by atoms with Gasteiger partial charge in [0.25, 0.3) is 0 Å². The van der Waals surface area contributed by atoms with Crippen molar-refractivity contribution in [3.05, 3.63) is 50.5 Å². The molecule has 1 fully saturated rings. The van der Waals surface area contributed by atoms with Crippen LogP contribution in [0.15, 0.2) is 34.8 Å². The fourth-order valence-electron chi connectivity index (χ4n) is 3.32. The lowest BCUT2D eigenvalue weighted by atomic mass is 10.1. The van der Waals surface area contributed by atoms with Crippen LogP contribution < -0.4 is 10.2 Å². The molecule has 9 heteroatoms. The second-order valence-electron chi connectivity index (χ2n) is 6.51. The number of halogens is 3. The molecule has 0 aliphatic carbocycles. The summed E-state index contributed by atoms with van der Waals surface area (Å²) in [6, 6.07) is 10.1. The maximum atomic E-state index is 6.13. The number of rotatable bonds is 4. The molecule has 0 unspecified atom stereocenters. The first-order valence-corrected chi connectivity index (χ1v) is 10.1. The third-order valence-corrected chi connectivity index (χ3v) is 5.42. The predicted molar refractivity (Wildman–Crippen MR) is 121 cm³/mol. The van der Waals surface area contributed by atoms with Crippen LogP contribution in [0.1, 0.15) is 18.4 Å². The Hall–Kier alpha value is -0.990. The third-order valence-electron chi connectivity index (χ3n) is 4.54. The Labute approximate surface area is 183 Å². The van der Waals surface area contributed by atoms with Crippen molar-refractivity contribution in [2.45, 2.75) is 25.4 Å². The van der Waals surface area contributed by atoms with Crippen molar-refractivity contribution < 1.29 is 0 Å². The van der Waals surface area contributed by atoms with Gasteiger partial charge in [0.05, 0.1) is 5.52 Å². The molecule has 3 heterocycles. The summed E-state index contributed by atoms with van der Waals surface area (Å²) in [6.07, 6.45) is 2.25. The summed E-state index contributed by atoms with van der Waals surface area (Å²) in [7, 11) is 0. The topological polar surface area (TPSA) is 56.8 Å². The molecule has 0 bridgehead atoms. The first-order chi connectivity index (χ1) is 12.6. The van der Waals surface area contributed by atoms with Crippen molar-refractivity contribution in [3.63, 3.8) is 0 Å².